The summed E-state index contributed by atoms with van der Waals surface area (Å²) in [7, 11) is -3.55. The van der Waals surface area contributed by atoms with E-state index in [0.29, 0.717) is 24.4 Å². The number of carbonyl (C=O) groups is 1. The lowest BCUT2D eigenvalue weighted by atomic mass is 9.99. The van der Waals surface area contributed by atoms with Gasteiger partial charge in [-0.3, -0.25) is 4.79 Å². The zero-order valence-corrected chi connectivity index (χ0v) is 13.0. The fourth-order valence-electron chi connectivity index (χ4n) is 2.23. The second-order valence-corrected chi connectivity index (χ2v) is 7.25. The summed E-state index contributed by atoms with van der Waals surface area (Å²) < 4.78 is 25.8. The Morgan fingerprint density at radius 3 is 2.62 bits per heavy atom. The van der Waals surface area contributed by atoms with Gasteiger partial charge in [0.1, 0.15) is 0 Å². The van der Waals surface area contributed by atoms with E-state index in [1.54, 1.807) is 24.3 Å². The zero-order valence-electron chi connectivity index (χ0n) is 11.4. The molecular formula is C14H17ClN2O3S. The Hall–Kier alpha value is -1.37. The average Bonchev–Trinajstić information content (AvgIpc) is 2.47. The molecule has 114 valence electrons. The van der Waals surface area contributed by atoms with E-state index in [-0.39, 0.29) is 6.54 Å². The third-order valence-corrected chi connectivity index (χ3v) is 5.23. The number of hydrogen-bond donors (Lipinski definition) is 1. The lowest BCUT2D eigenvalue weighted by molar-refractivity contribution is -0.122. The van der Waals surface area contributed by atoms with Gasteiger partial charge in [0.25, 0.3) is 0 Å². The highest BCUT2D eigenvalue weighted by Gasteiger charge is 2.29. The smallest absolute Gasteiger partial charge is 0.236 e. The third kappa shape index (κ3) is 4.30. The van der Waals surface area contributed by atoms with Crippen LogP contribution in [0.25, 0.3) is 6.08 Å². The van der Waals surface area contributed by atoms with Crippen molar-refractivity contribution in [3.63, 3.8) is 0 Å². The van der Waals surface area contributed by atoms with Gasteiger partial charge in [0.15, 0.2) is 0 Å². The molecule has 1 aromatic rings. The summed E-state index contributed by atoms with van der Waals surface area (Å²) in [6.45, 7) is 0.569. The van der Waals surface area contributed by atoms with Crippen molar-refractivity contribution >= 4 is 33.6 Å². The van der Waals surface area contributed by atoms with Crippen LogP contribution in [-0.2, 0) is 14.8 Å². The largest absolute Gasteiger partial charge is 0.369 e. The predicted octanol–water partition coefficient (Wildman–Crippen LogP) is 1.84. The molecule has 0 radical (unpaired) electrons. The maximum atomic E-state index is 12.3. The van der Waals surface area contributed by atoms with E-state index in [1.807, 2.05) is 0 Å². The van der Waals surface area contributed by atoms with Gasteiger partial charge in [-0.2, -0.15) is 4.31 Å². The minimum absolute atomic E-state index is 0.155. The maximum absolute atomic E-state index is 12.3. The number of carbonyl (C=O) groups excluding carboxylic acids is 1. The van der Waals surface area contributed by atoms with Crippen LogP contribution in [0.4, 0.5) is 0 Å². The van der Waals surface area contributed by atoms with Gasteiger partial charge in [-0.15, -0.1) is 0 Å². The fraction of sp³-hybridized carbons (Fsp3) is 0.357. The first kappa shape index (κ1) is 16.0. The minimum atomic E-state index is -3.55. The summed E-state index contributed by atoms with van der Waals surface area (Å²) in [5, 5.41) is 1.75. The highest BCUT2D eigenvalue weighted by molar-refractivity contribution is 7.92. The topological polar surface area (TPSA) is 80.5 Å². The molecule has 0 unspecified atom stereocenters. The van der Waals surface area contributed by atoms with Crippen LogP contribution in [0.3, 0.4) is 0 Å². The Morgan fingerprint density at radius 2 is 2.00 bits per heavy atom. The van der Waals surface area contributed by atoms with E-state index >= 15 is 0 Å². The number of piperidine rings is 1. The number of sulfonamides is 1. The Labute approximate surface area is 129 Å². The van der Waals surface area contributed by atoms with Gasteiger partial charge in [0, 0.05) is 23.5 Å². The molecule has 1 aliphatic rings. The van der Waals surface area contributed by atoms with Gasteiger partial charge in [-0.05, 0) is 36.6 Å². The molecule has 21 heavy (non-hydrogen) atoms. The van der Waals surface area contributed by atoms with Gasteiger partial charge in [0.05, 0.1) is 5.92 Å². The molecule has 0 spiro atoms. The van der Waals surface area contributed by atoms with E-state index in [9.17, 15) is 13.2 Å². The number of hydrogen-bond acceptors (Lipinski definition) is 3. The molecule has 1 amide bonds. The van der Waals surface area contributed by atoms with Crippen LogP contribution in [-0.4, -0.2) is 31.7 Å². The highest BCUT2D eigenvalue weighted by atomic mass is 35.5. The second kappa shape index (κ2) is 6.60. The molecule has 2 rings (SSSR count). The van der Waals surface area contributed by atoms with Crippen LogP contribution in [0, 0.1) is 5.92 Å². The third-order valence-electron chi connectivity index (χ3n) is 3.45. The summed E-state index contributed by atoms with van der Waals surface area (Å²) >= 11 is 5.77. The molecular weight excluding hydrogens is 312 g/mol. The highest BCUT2D eigenvalue weighted by Crippen LogP contribution is 2.20. The number of primary amides is 1. The number of halogens is 1. The van der Waals surface area contributed by atoms with E-state index in [4.69, 9.17) is 17.3 Å². The molecule has 0 bridgehead atoms. The van der Waals surface area contributed by atoms with E-state index in [2.05, 4.69) is 0 Å². The fourth-order valence-corrected chi connectivity index (χ4v) is 3.63. The van der Waals surface area contributed by atoms with Gasteiger partial charge in [0.2, 0.25) is 15.9 Å². The van der Waals surface area contributed by atoms with Crippen LogP contribution < -0.4 is 5.73 Å². The number of rotatable bonds is 4. The number of nitrogens with two attached hydrogens (primary N) is 1. The van der Waals surface area contributed by atoms with Crippen LogP contribution in [0.2, 0.25) is 5.02 Å². The molecule has 1 atom stereocenters. The standard InChI is InChI=1S/C14H17ClN2O3S/c15-13-5-3-11(4-6-13)7-9-21(19,20)17-8-1-2-12(10-17)14(16)18/h3-7,9,12H,1-2,8,10H2,(H2,16,18)/b9-7+/t12-/m1/s1. The Balaban J connectivity index is 2.10. The monoisotopic (exact) mass is 328 g/mol. The number of nitrogens with zero attached hydrogens (tertiary/aromatic N) is 1. The summed E-state index contributed by atoms with van der Waals surface area (Å²) in [6.07, 6.45) is 2.80. The number of benzene rings is 1. The Morgan fingerprint density at radius 1 is 1.33 bits per heavy atom. The zero-order chi connectivity index (χ0) is 15.5. The minimum Gasteiger partial charge on any atom is -0.369 e. The Bertz CT molecular complexity index is 641. The second-order valence-electron chi connectivity index (χ2n) is 5.00. The summed E-state index contributed by atoms with van der Waals surface area (Å²) in [6, 6.07) is 6.85. The molecule has 0 aliphatic carbocycles. The van der Waals surface area contributed by atoms with Gasteiger partial charge in [-0.1, -0.05) is 23.7 Å². The Kier molecular flexibility index (Phi) is 5.03. The molecule has 1 aromatic carbocycles. The molecule has 1 heterocycles. The van der Waals surface area contributed by atoms with Crippen LogP contribution in [0.15, 0.2) is 29.7 Å². The normalized spacial score (nSPS) is 20.7. The summed E-state index contributed by atoms with van der Waals surface area (Å²) in [5.41, 5.74) is 6.00. The molecule has 1 saturated heterocycles. The number of amides is 1. The van der Waals surface area contributed by atoms with Gasteiger partial charge >= 0.3 is 0 Å². The first-order valence-corrected chi connectivity index (χ1v) is 8.50. The van der Waals surface area contributed by atoms with E-state index in [1.165, 1.54) is 10.4 Å². The quantitative estimate of drug-likeness (QED) is 0.915. The first-order valence-electron chi connectivity index (χ1n) is 6.61. The van der Waals surface area contributed by atoms with Crippen molar-refractivity contribution < 1.29 is 13.2 Å². The van der Waals surface area contributed by atoms with Crippen molar-refractivity contribution in [3.8, 4) is 0 Å². The molecule has 0 aromatic heterocycles. The van der Waals surface area contributed by atoms with Crippen LogP contribution in [0.1, 0.15) is 18.4 Å². The molecule has 1 fully saturated rings. The predicted molar refractivity (Wildman–Crippen MR) is 82.9 cm³/mol. The lowest BCUT2D eigenvalue weighted by Crippen LogP contribution is -2.43. The summed E-state index contributed by atoms with van der Waals surface area (Å²) in [5.74, 6) is -0.853. The average molecular weight is 329 g/mol. The first-order chi connectivity index (χ1) is 9.88. The van der Waals surface area contributed by atoms with Crippen molar-refractivity contribution in [1.29, 1.82) is 0 Å². The van der Waals surface area contributed by atoms with Gasteiger partial charge < -0.3 is 5.73 Å². The van der Waals surface area contributed by atoms with Gasteiger partial charge in [-0.25, -0.2) is 8.42 Å². The van der Waals surface area contributed by atoms with Crippen LogP contribution in [0.5, 0.6) is 0 Å². The molecule has 5 nitrogen and oxygen atoms in total. The van der Waals surface area contributed by atoms with E-state index < -0.39 is 21.8 Å². The lowest BCUT2D eigenvalue weighted by Gasteiger charge is -2.29. The van der Waals surface area contributed by atoms with Crippen molar-refractivity contribution in [2.75, 3.05) is 13.1 Å². The van der Waals surface area contributed by atoms with Crippen molar-refractivity contribution in [2.45, 2.75) is 12.8 Å². The van der Waals surface area contributed by atoms with Crippen molar-refractivity contribution in [2.24, 2.45) is 11.7 Å². The van der Waals surface area contributed by atoms with Crippen LogP contribution >= 0.6 is 11.6 Å². The molecule has 0 saturated carbocycles. The SMILES string of the molecule is NC(=O)[C@@H]1CCCN(S(=O)(=O)/C=C/c2ccc(Cl)cc2)C1. The van der Waals surface area contributed by atoms with Crippen molar-refractivity contribution in [3.05, 3.63) is 40.3 Å². The summed E-state index contributed by atoms with van der Waals surface area (Å²) in [4.78, 5) is 11.2. The molecule has 1 aliphatic heterocycles. The molecule has 2 N–H and O–H groups in total. The van der Waals surface area contributed by atoms with E-state index in [0.717, 1.165) is 11.0 Å². The maximum Gasteiger partial charge on any atom is 0.236 e. The molecule has 7 heteroatoms. The van der Waals surface area contributed by atoms with Crippen molar-refractivity contribution in [1.82, 2.24) is 4.31 Å².